The molecule has 0 amide bonds. The maximum Gasteiger partial charge on any atom is 0.0293 e. The first-order chi connectivity index (χ1) is 12.2. The number of benzene rings is 1. The number of rotatable bonds is 3. The molecule has 1 N–H and O–H groups in total. The molecular formula is C24H35N. The predicted molar refractivity (Wildman–Crippen MR) is 108 cm³/mol. The fourth-order valence-corrected chi connectivity index (χ4v) is 4.96. The standard InChI is InChI=1S/C24H35N/c1-4-25-16-15-20-9-14-24(17-19(20)3)23-12-10-22(11-13-23)21-7-5-18(2)6-8-21/h9,14,17-18,21-23,25H,4-8,10-13H2,1-3H3. The smallest absolute Gasteiger partial charge is 0.0293 e. The molecular weight excluding hydrogens is 302 g/mol. The van der Waals surface area contributed by atoms with Crippen molar-refractivity contribution in [1.29, 1.82) is 0 Å². The molecule has 2 saturated carbocycles. The van der Waals surface area contributed by atoms with Gasteiger partial charge in [-0.3, -0.25) is 0 Å². The van der Waals surface area contributed by atoms with Gasteiger partial charge in [0.2, 0.25) is 0 Å². The Morgan fingerprint density at radius 2 is 1.60 bits per heavy atom. The van der Waals surface area contributed by atoms with E-state index in [2.05, 4.69) is 56.3 Å². The molecule has 3 rings (SSSR count). The largest absolute Gasteiger partial charge is 0.346 e. The van der Waals surface area contributed by atoms with Crippen LogP contribution in [0.25, 0.3) is 0 Å². The van der Waals surface area contributed by atoms with Crippen LogP contribution in [-0.2, 0) is 0 Å². The van der Waals surface area contributed by atoms with E-state index in [9.17, 15) is 0 Å². The maximum atomic E-state index is 3.24. The summed E-state index contributed by atoms with van der Waals surface area (Å²) in [4.78, 5) is 0. The van der Waals surface area contributed by atoms with Crippen molar-refractivity contribution >= 4 is 0 Å². The van der Waals surface area contributed by atoms with E-state index in [1.807, 2.05) is 0 Å². The van der Waals surface area contributed by atoms with Crippen LogP contribution in [0.4, 0.5) is 0 Å². The molecule has 1 aromatic rings. The van der Waals surface area contributed by atoms with Crippen LogP contribution in [0.5, 0.6) is 0 Å². The molecule has 0 bridgehead atoms. The molecule has 25 heavy (non-hydrogen) atoms. The van der Waals surface area contributed by atoms with E-state index in [0.29, 0.717) is 0 Å². The average molecular weight is 338 g/mol. The second-order valence-corrected chi connectivity index (χ2v) is 8.49. The molecule has 0 aromatic heterocycles. The Morgan fingerprint density at radius 3 is 2.20 bits per heavy atom. The molecule has 0 spiro atoms. The van der Waals surface area contributed by atoms with Gasteiger partial charge in [-0.25, -0.2) is 0 Å². The molecule has 1 heteroatoms. The predicted octanol–water partition coefficient (Wildman–Crippen LogP) is 6.01. The van der Waals surface area contributed by atoms with Crippen molar-refractivity contribution < 1.29 is 0 Å². The lowest BCUT2D eigenvalue weighted by molar-refractivity contribution is 0.165. The third-order valence-corrected chi connectivity index (χ3v) is 6.68. The van der Waals surface area contributed by atoms with Crippen LogP contribution >= 0.6 is 0 Å². The SMILES string of the molecule is CCNC#Cc1ccc(C2CCC(C3CCC(C)CC3)CC2)cc1C. The van der Waals surface area contributed by atoms with E-state index in [-0.39, 0.29) is 0 Å². The fraction of sp³-hybridized carbons (Fsp3) is 0.667. The lowest BCUT2D eigenvalue weighted by Crippen LogP contribution is -2.24. The average Bonchev–Trinajstić information content (AvgIpc) is 2.64. The molecule has 0 aliphatic heterocycles. The molecule has 0 atom stereocenters. The van der Waals surface area contributed by atoms with Crippen molar-refractivity contribution in [2.45, 2.75) is 78.1 Å². The van der Waals surface area contributed by atoms with Crippen LogP contribution in [0, 0.1) is 36.6 Å². The molecule has 2 aliphatic rings. The van der Waals surface area contributed by atoms with E-state index in [1.165, 1.54) is 56.9 Å². The summed E-state index contributed by atoms with van der Waals surface area (Å²) in [6.45, 7) is 7.61. The van der Waals surface area contributed by atoms with Crippen LogP contribution < -0.4 is 5.32 Å². The first-order valence-electron chi connectivity index (χ1n) is 10.5. The Bertz CT molecular complexity index is 605. The molecule has 1 nitrogen and oxygen atoms in total. The Hall–Kier alpha value is -1.42. The van der Waals surface area contributed by atoms with Crippen LogP contribution in [0.3, 0.4) is 0 Å². The van der Waals surface area contributed by atoms with Gasteiger partial charge in [-0.05, 0) is 99.2 Å². The van der Waals surface area contributed by atoms with Gasteiger partial charge in [0.05, 0.1) is 0 Å². The highest BCUT2D eigenvalue weighted by atomic mass is 14.8. The van der Waals surface area contributed by atoms with Crippen LogP contribution in [-0.4, -0.2) is 6.54 Å². The number of aryl methyl sites for hydroxylation is 1. The van der Waals surface area contributed by atoms with E-state index in [4.69, 9.17) is 0 Å². The van der Waals surface area contributed by atoms with Gasteiger partial charge in [0.1, 0.15) is 0 Å². The quantitative estimate of drug-likeness (QED) is 0.526. The van der Waals surface area contributed by atoms with Crippen LogP contribution in [0.1, 0.15) is 87.8 Å². The van der Waals surface area contributed by atoms with Gasteiger partial charge in [0.15, 0.2) is 0 Å². The van der Waals surface area contributed by atoms with Crippen LogP contribution in [0.2, 0.25) is 0 Å². The lowest BCUT2D eigenvalue weighted by Gasteiger charge is -2.37. The lowest BCUT2D eigenvalue weighted by atomic mass is 9.68. The van der Waals surface area contributed by atoms with Gasteiger partial charge in [-0.15, -0.1) is 0 Å². The summed E-state index contributed by atoms with van der Waals surface area (Å²) >= 11 is 0. The fourth-order valence-electron chi connectivity index (χ4n) is 4.96. The second-order valence-electron chi connectivity index (χ2n) is 8.49. The molecule has 0 radical (unpaired) electrons. The summed E-state index contributed by atoms with van der Waals surface area (Å²) in [7, 11) is 0. The van der Waals surface area contributed by atoms with Crippen molar-refractivity contribution in [3.05, 3.63) is 34.9 Å². The van der Waals surface area contributed by atoms with Gasteiger partial charge >= 0.3 is 0 Å². The minimum Gasteiger partial charge on any atom is -0.346 e. The molecule has 136 valence electrons. The van der Waals surface area contributed by atoms with Crippen molar-refractivity contribution in [3.63, 3.8) is 0 Å². The molecule has 0 heterocycles. The monoisotopic (exact) mass is 337 g/mol. The van der Waals surface area contributed by atoms with Crippen molar-refractivity contribution in [1.82, 2.24) is 5.32 Å². The van der Waals surface area contributed by atoms with Gasteiger partial charge < -0.3 is 5.32 Å². The molecule has 2 aliphatic carbocycles. The van der Waals surface area contributed by atoms with E-state index >= 15 is 0 Å². The topological polar surface area (TPSA) is 12.0 Å². The number of nitrogens with one attached hydrogen (secondary N) is 1. The van der Waals surface area contributed by atoms with E-state index in [1.54, 1.807) is 5.56 Å². The summed E-state index contributed by atoms with van der Waals surface area (Å²) in [5.41, 5.74) is 4.03. The Morgan fingerprint density at radius 1 is 0.960 bits per heavy atom. The zero-order valence-electron chi connectivity index (χ0n) is 16.4. The summed E-state index contributed by atoms with van der Waals surface area (Å²) in [6.07, 6.45) is 11.6. The maximum absolute atomic E-state index is 3.24. The summed E-state index contributed by atoms with van der Waals surface area (Å²) < 4.78 is 0. The summed E-state index contributed by atoms with van der Waals surface area (Å²) in [5.74, 6) is 7.02. The normalized spacial score (nSPS) is 29.6. The number of hydrogen-bond donors (Lipinski definition) is 1. The molecule has 0 saturated heterocycles. The zero-order chi connectivity index (χ0) is 17.6. The minimum absolute atomic E-state index is 0.772. The van der Waals surface area contributed by atoms with Gasteiger partial charge in [-0.2, -0.15) is 0 Å². The number of hydrogen-bond acceptors (Lipinski definition) is 1. The highest BCUT2D eigenvalue weighted by molar-refractivity contribution is 5.43. The summed E-state index contributed by atoms with van der Waals surface area (Å²) in [6, 6.07) is 9.98. The first-order valence-corrected chi connectivity index (χ1v) is 10.5. The minimum atomic E-state index is 0.772. The highest BCUT2D eigenvalue weighted by Crippen LogP contribution is 2.43. The summed E-state index contributed by atoms with van der Waals surface area (Å²) in [5, 5.41) is 3.08. The molecule has 2 fully saturated rings. The Kier molecular flexibility index (Phi) is 6.46. The zero-order valence-corrected chi connectivity index (χ0v) is 16.4. The van der Waals surface area contributed by atoms with Crippen molar-refractivity contribution in [2.24, 2.45) is 17.8 Å². The van der Waals surface area contributed by atoms with E-state index < -0.39 is 0 Å². The van der Waals surface area contributed by atoms with Gasteiger partial charge in [-0.1, -0.05) is 31.9 Å². The van der Waals surface area contributed by atoms with Gasteiger partial charge in [0.25, 0.3) is 0 Å². The van der Waals surface area contributed by atoms with E-state index in [0.717, 1.165) is 35.8 Å². The molecule has 1 aromatic carbocycles. The first kappa shape index (κ1) is 18.4. The van der Waals surface area contributed by atoms with Gasteiger partial charge in [0, 0.05) is 18.2 Å². The molecule has 0 unspecified atom stereocenters. The Labute approximate surface area is 155 Å². The second kappa shape index (κ2) is 8.79. The Balaban J connectivity index is 1.56. The highest BCUT2D eigenvalue weighted by Gasteiger charge is 2.30. The third-order valence-electron chi connectivity index (χ3n) is 6.68. The third kappa shape index (κ3) is 4.81. The van der Waals surface area contributed by atoms with Crippen LogP contribution in [0.15, 0.2) is 18.2 Å². The van der Waals surface area contributed by atoms with Crippen molar-refractivity contribution in [3.8, 4) is 12.0 Å². The van der Waals surface area contributed by atoms with Crippen molar-refractivity contribution in [2.75, 3.05) is 6.54 Å².